The molecule has 170 valence electrons. The number of ether oxygens (including phenoxy) is 1. The van der Waals surface area contributed by atoms with E-state index in [4.69, 9.17) is 9.72 Å². The van der Waals surface area contributed by atoms with Gasteiger partial charge in [0.1, 0.15) is 10.6 Å². The molecule has 0 saturated carbocycles. The molecule has 0 N–H and O–H groups in total. The van der Waals surface area contributed by atoms with Crippen LogP contribution >= 0.6 is 23.1 Å². The van der Waals surface area contributed by atoms with Crippen molar-refractivity contribution >= 4 is 33.3 Å². The third-order valence-corrected chi connectivity index (χ3v) is 7.83. The van der Waals surface area contributed by atoms with E-state index in [0.717, 1.165) is 57.6 Å². The van der Waals surface area contributed by atoms with Crippen molar-refractivity contribution in [3.63, 3.8) is 0 Å². The molecule has 2 aromatic carbocycles. The average Bonchev–Trinajstić information content (AvgIpc) is 3.16. The molecule has 0 amide bonds. The maximum absolute atomic E-state index is 13.8. The molecular weight excluding hydrogens is 450 g/mol. The summed E-state index contributed by atoms with van der Waals surface area (Å²) in [6, 6.07) is 18.0. The molecule has 2 aromatic heterocycles. The first-order chi connectivity index (χ1) is 16.0. The van der Waals surface area contributed by atoms with Crippen LogP contribution in [0.25, 0.3) is 15.9 Å². The number of nitrogens with zero attached hydrogens (tertiary/aromatic N) is 3. The summed E-state index contributed by atoms with van der Waals surface area (Å²) >= 11 is 3.27. The van der Waals surface area contributed by atoms with E-state index >= 15 is 0 Å². The molecule has 4 aromatic rings. The molecule has 0 radical (unpaired) electrons. The summed E-state index contributed by atoms with van der Waals surface area (Å²) in [6.07, 6.45) is 1.05. The molecule has 0 fully saturated rings. The summed E-state index contributed by atoms with van der Waals surface area (Å²) in [6.45, 7) is 5.90. The first-order valence-electron chi connectivity index (χ1n) is 11.2. The standard InChI is InChI=1S/C26H27N3O2S2/c1-17(2)31-20-11-9-18(10-12-20)16-32-26-27-24-23(21-13-14-28(3)15-22(21)33-24)25(30)29(26)19-7-5-4-6-8-19/h4-12,17H,13-16H2,1-3H3. The van der Waals surface area contributed by atoms with Gasteiger partial charge in [-0.05, 0) is 62.7 Å². The highest BCUT2D eigenvalue weighted by molar-refractivity contribution is 7.98. The zero-order chi connectivity index (χ0) is 22.9. The number of fused-ring (bicyclic) bond motifs is 3. The zero-order valence-electron chi connectivity index (χ0n) is 19.1. The second-order valence-electron chi connectivity index (χ2n) is 8.64. The molecule has 0 bridgehead atoms. The van der Waals surface area contributed by atoms with Crippen LogP contribution in [0.3, 0.4) is 0 Å². The predicted octanol–water partition coefficient (Wildman–Crippen LogP) is 5.51. The minimum atomic E-state index is 0.0384. The number of aromatic nitrogens is 2. The van der Waals surface area contributed by atoms with Crippen molar-refractivity contribution in [3.05, 3.63) is 81.0 Å². The maximum atomic E-state index is 13.8. The summed E-state index contributed by atoms with van der Waals surface area (Å²) in [5.74, 6) is 1.59. The summed E-state index contributed by atoms with van der Waals surface area (Å²) in [5, 5.41) is 1.53. The van der Waals surface area contributed by atoms with Gasteiger partial charge in [0.2, 0.25) is 0 Å². The molecule has 0 spiro atoms. The minimum Gasteiger partial charge on any atom is -0.491 e. The molecule has 7 heteroatoms. The topological polar surface area (TPSA) is 47.4 Å². The Morgan fingerprint density at radius 1 is 1.12 bits per heavy atom. The van der Waals surface area contributed by atoms with Gasteiger partial charge in [-0.2, -0.15) is 0 Å². The number of benzene rings is 2. The van der Waals surface area contributed by atoms with Crippen molar-refractivity contribution in [2.75, 3.05) is 13.6 Å². The van der Waals surface area contributed by atoms with Crippen LogP contribution in [0.15, 0.2) is 64.5 Å². The van der Waals surface area contributed by atoms with Gasteiger partial charge in [-0.25, -0.2) is 4.98 Å². The number of thiophene rings is 1. The molecular formula is C26H27N3O2S2. The summed E-state index contributed by atoms with van der Waals surface area (Å²) in [4.78, 5) is 23.3. The highest BCUT2D eigenvalue weighted by Crippen LogP contribution is 2.34. The molecule has 1 aliphatic rings. The van der Waals surface area contributed by atoms with E-state index in [0.29, 0.717) is 0 Å². The van der Waals surface area contributed by atoms with Crippen molar-refractivity contribution in [1.29, 1.82) is 0 Å². The SMILES string of the molecule is CC(C)Oc1ccc(CSc2nc3sc4c(c3c(=O)n2-c2ccccc2)CCN(C)C4)cc1. The highest BCUT2D eigenvalue weighted by atomic mass is 32.2. The third kappa shape index (κ3) is 4.58. The minimum absolute atomic E-state index is 0.0384. The fraction of sp³-hybridized carbons (Fsp3) is 0.308. The van der Waals surface area contributed by atoms with Gasteiger partial charge in [0.25, 0.3) is 5.56 Å². The van der Waals surface area contributed by atoms with E-state index in [9.17, 15) is 4.79 Å². The van der Waals surface area contributed by atoms with Gasteiger partial charge in [-0.15, -0.1) is 11.3 Å². The molecule has 1 aliphatic heterocycles. The Labute approximate surface area is 202 Å². The summed E-state index contributed by atoms with van der Waals surface area (Å²) < 4.78 is 7.54. The number of likely N-dealkylation sites (N-methyl/N-ethyl adjacent to an activating group) is 1. The first-order valence-corrected chi connectivity index (χ1v) is 13.0. The quantitative estimate of drug-likeness (QED) is 0.271. The van der Waals surface area contributed by atoms with Crippen LogP contribution < -0.4 is 10.3 Å². The van der Waals surface area contributed by atoms with E-state index < -0.39 is 0 Å². The van der Waals surface area contributed by atoms with Crippen LogP contribution in [0.1, 0.15) is 29.9 Å². The highest BCUT2D eigenvalue weighted by Gasteiger charge is 2.24. The normalized spacial score (nSPS) is 14.1. The van der Waals surface area contributed by atoms with Crippen molar-refractivity contribution in [2.24, 2.45) is 0 Å². The Morgan fingerprint density at radius 2 is 1.88 bits per heavy atom. The van der Waals surface area contributed by atoms with Gasteiger partial charge in [0.05, 0.1) is 17.2 Å². The van der Waals surface area contributed by atoms with E-state index in [1.54, 1.807) is 27.7 Å². The molecule has 3 heterocycles. The van der Waals surface area contributed by atoms with Crippen LogP contribution in [0.2, 0.25) is 0 Å². The number of hydrogen-bond donors (Lipinski definition) is 0. The van der Waals surface area contributed by atoms with Gasteiger partial charge in [-0.3, -0.25) is 9.36 Å². The second kappa shape index (κ2) is 9.33. The van der Waals surface area contributed by atoms with Gasteiger partial charge in [0, 0.05) is 23.7 Å². The molecule has 33 heavy (non-hydrogen) atoms. The van der Waals surface area contributed by atoms with Gasteiger partial charge >= 0.3 is 0 Å². The number of rotatable bonds is 6. The number of para-hydroxylation sites is 1. The van der Waals surface area contributed by atoms with E-state index in [-0.39, 0.29) is 11.7 Å². The van der Waals surface area contributed by atoms with Gasteiger partial charge < -0.3 is 9.64 Å². The Bertz CT molecular complexity index is 1330. The lowest BCUT2D eigenvalue weighted by Crippen LogP contribution is -2.27. The van der Waals surface area contributed by atoms with Gasteiger partial charge in [0.15, 0.2) is 5.16 Å². The van der Waals surface area contributed by atoms with Crippen molar-refractivity contribution in [1.82, 2.24) is 14.5 Å². The average molecular weight is 478 g/mol. The van der Waals surface area contributed by atoms with Crippen LogP contribution in [0, 0.1) is 0 Å². The largest absolute Gasteiger partial charge is 0.491 e. The van der Waals surface area contributed by atoms with E-state index in [2.05, 4.69) is 24.1 Å². The lowest BCUT2D eigenvalue weighted by atomic mass is 10.1. The second-order valence-corrected chi connectivity index (χ2v) is 10.7. The summed E-state index contributed by atoms with van der Waals surface area (Å²) in [7, 11) is 2.13. The van der Waals surface area contributed by atoms with Crippen molar-refractivity contribution < 1.29 is 4.74 Å². The Hall–Kier alpha value is -2.61. The smallest absolute Gasteiger partial charge is 0.267 e. The number of thioether (sulfide) groups is 1. The van der Waals surface area contributed by atoms with Crippen molar-refractivity contribution in [3.8, 4) is 11.4 Å². The van der Waals surface area contributed by atoms with Crippen LogP contribution in [0.4, 0.5) is 0 Å². The Kier molecular flexibility index (Phi) is 6.27. The molecule has 5 rings (SSSR count). The third-order valence-electron chi connectivity index (χ3n) is 5.71. The Morgan fingerprint density at radius 3 is 2.61 bits per heavy atom. The zero-order valence-corrected chi connectivity index (χ0v) is 20.7. The maximum Gasteiger partial charge on any atom is 0.267 e. The van der Waals surface area contributed by atoms with Gasteiger partial charge in [-0.1, -0.05) is 42.1 Å². The van der Waals surface area contributed by atoms with E-state index in [1.165, 1.54) is 10.4 Å². The molecule has 0 aliphatic carbocycles. The first kappa shape index (κ1) is 22.2. The molecule has 0 atom stereocenters. The molecule has 0 saturated heterocycles. The lowest BCUT2D eigenvalue weighted by Gasteiger charge is -2.21. The Balaban J connectivity index is 1.54. The van der Waals surface area contributed by atoms with E-state index in [1.807, 2.05) is 56.3 Å². The monoisotopic (exact) mass is 477 g/mol. The molecule has 0 unspecified atom stereocenters. The van der Waals surface area contributed by atoms with Crippen LogP contribution in [-0.4, -0.2) is 34.1 Å². The van der Waals surface area contributed by atoms with Crippen LogP contribution in [-0.2, 0) is 18.7 Å². The number of hydrogen-bond acceptors (Lipinski definition) is 6. The molecule has 5 nitrogen and oxygen atoms in total. The summed E-state index contributed by atoms with van der Waals surface area (Å²) in [5.41, 5.74) is 3.24. The van der Waals surface area contributed by atoms with Crippen molar-refractivity contribution in [2.45, 2.75) is 43.8 Å². The van der Waals surface area contributed by atoms with Crippen LogP contribution in [0.5, 0.6) is 5.75 Å². The fourth-order valence-corrected chi connectivity index (χ4v) is 6.45. The predicted molar refractivity (Wildman–Crippen MR) is 137 cm³/mol. The lowest BCUT2D eigenvalue weighted by molar-refractivity contribution is 0.242. The fourth-order valence-electron chi connectivity index (χ4n) is 4.14.